The molecule has 3 atom stereocenters. The Hall–Kier alpha value is -1.63. The zero-order chi connectivity index (χ0) is 21.4. The summed E-state index contributed by atoms with van der Waals surface area (Å²) in [5.74, 6) is 0. The molecule has 0 aliphatic carbocycles. The van der Waals surface area contributed by atoms with Gasteiger partial charge < -0.3 is 15.2 Å². The van der Waals surface area contributed by atoms with Crippen LogP contribution in [0, 0.1) is 0 Å². The Kier molecular flexibility index (Phi) is 8.93. The molecule has 1 fully saturated rings. The lowest BCUT2D eigenvalue weighted by molar-refractivity contribution is 0.0288. The Morgan fingerprint density at radius 1 is 1.31 bits per heavy atom. The smallest absolute Gasteiger partial charge is 0.407 e. The molecule has 1 aliphatic heterocycles. The van der Waals surface area contributed by atoms with Gasteiger partial charge in [-0.25, -0.2) is 4.79 Å². The van der Waals surface area contributed by atoms with Crippen LogP contribution in [-0.2, 0) is 11.3 Å². The van der Waals surface area contributed by atoms with Gasteiger partial charge in [0.05, 0.1) is 6.10 Å². The molecular formula is C23H39N3O3. The number of ether oxygens (including phenoxy) is 1. The van der Waals surface area contributed by atoms with Crippen molar-refractivity contribution in [1.82, 2.24) is 15.1 Å². The van der Waals surface area contributed by atoms with Gasteiger partial charge in [0.1, 0.15) is 5.60 Å². The standard InChI is InChI=1S/C23H39N3O3/c1-18(24-22(28)29-23(2,3)4)21-13-9-10-14-26(21)17-20(27)16-25(5)15-19-11-7-6-8-12-19/h6-8,11-12,18,20-21,27H,9-10,13-17H2,1-5H3,(H,24,28). The highest BCUT2D eigenvalue weighted by Crippen LogP contribution is 2.21. The Morgan fingerprint density at radius 3 is 2.66 bits per heavy atom. The molecule has 0 radical (unpaired) electrons. The van der Waals surface area contributed by atoms with E-state index < -0.39 is 11.7 Å². The molecule has 3 unspecified atom stereocenters. The quantitative estimate of drug-likeness (QED) is 0.695. The number of hydrogen-bond donors (Lipinski definition) is 2. The van der Waals surface area contributed by atoms with Crippen molar-refractivity contribution >= 4 is 6.09 Å². The predicted octanol–water partition coefficient (Wildman–Crippen LogP) is 3.25. The van der Waals surface area contributed by atoms with Gasteiger partial charge >= 0.3 is 6.09 Å². The summed E-state index contributed by atoms with van der Waals surface area (Å²) in [5.41, 5.74) is 0.739. The second-order valence-electron chi connectivity index (χ2n) is 9.33. The van der Waals surface area contributed by atoms with Crippen molar-refractivity contribution in [2.45, 2.75) is 77.3 Å². The summed E-state index contributed by atoms with van der Waals surface area (Å²) in [4.78, 5) is 16.6. The molecule has 1 amide bonds. The lowest BCUT2D eigenvalue weighted by Gasteiger charge is -2.40. The van der Waals surface area contributed by atoms with E-state index >= 15 is 0 Å². The molecule has 2 N–H and O–H groups in total. The number of aliphatic hydroxyl groups excluding tert-OH is 1. The highest BCUT2D eigenvalue weighted by molar-refractivity contribution is 5.68. The SMILES string of the molecule is CC(NC(=O)OC(C)(C)C)C1CCCCN1CC(O)CN(C)Cc1ccccc1. The zero-order valence-electron chi connectivity index (χ0n) is 18.7. The molecule has 0 aromatic heterocycles. The van der Waals surface area contributed by atoms with Gasteiger partial charge in [0.15, 0.2) is 0 Å². The largest absolute Gasteiger partial charge is 0.444 e. The fourth-order valence-corrected chi connectivity index (χ4v) is 4.05. The summed E-state index contributed by atoms with van der Waals surface area (Å²) >= 11 is 0. The lowest BCUT2D eigenvalue weighted by atomic mass is 9.96. The van der Waals surface area contributed by atoms with Crippen LogP contribution in [-0.4, -0.2) is 71.5 Å². The summed E-state index contributed by atoms with van der Waals surface area (Å²) in [7, 11) is 2.04. The number of likely N-dealkylation sites (tertiary alicyclic amines) is 1. The summed E-state index contributed by atoms with van der Waals surface area (Å²) < 4.78 is 5.40. The Morgan fingerprint density at radius 2 is 2.00 bits per heavy atom. The molecule has 6 heteroatoms. The van der Waals surface area contributed by atoms with Crippen LogP contribution in [0.5, 0.6) is 0 Å². The average molecular weight is 406 g/mol. The predicted molar refractivity (Wildman–Crippen MR) is 117 cm³/mol. The summed E-state index contributed by atoms with van der Waals surface area (Å²) in [6, 6.07) is 10.5. The molecule has 164 valence electrons. The molecule has 0 spiro atoms. The van der Waals surface area contributed by atoms with Gasteiger partial charge in [-0.2, -0.15) is 0 Å². The molecule has 1 saturated heterocycles. The second-order valence-corrected chi connectivity index (χ2v) is 9.33. The van der Waals surface area contributed by atoms with E-state index in [-0.39, 0.29) is 18.2 Å². The third-order valence-corrected chi connectivity index (χ3v) is 5.25. The van der Waals surface area contributed by atoms with E-state index in [4.69, 9.17) is 4.74 Å². The molecule has 29 heavy (non-hydrogen) atoms. The number of β-amino-alcohol motifs (C(OH)–C–C–N with tert-alkyl or cyclic N) is 1. The van der Waals surface area contributed by atoms with Crippen molar-refractivity contribution in [2.75, 3.05) is 26.7 Å². The van der Waals surface area contributed by atoms with Crippen LogP contribution >= 0.6 is 0 Å². The first-order valence-electron chi connectivity index (χ1n) is 10.8. The van der Waals surface area contributed by atoms with Crippen molar-refractivity contribution in [1.29, 1.82) is 0 Å². The normalized spacial score (nSPS) is 20.3. The fourth-order valence-electron chi connectivity index (χ4n) is 4.05. The number of likely N-dealkylation sites (N-methyl/N-ethyl adjacent to an activating group) is 1. The van der Waals surface area contributed by atoms with Crippen LogP contribution in [0.4, 0.5) is 4.79 Å². The van der Waals surface area contributed by atoms with Gasteiger partial charge in [0.2, 0.25) is 0 Å². The van der Waals surface area contributed by atoms with Gasteiger partial charge in [-0.15, -0.1) is 0 Å². The molecule has 1 heterocycles. The number of carbonyl (C=O) groups is 1. The molecule has 1 aliphatic rings. The van der Waals surface area contributed by atoms with Gasteiger partial charge in [0, 0.05) is 31.7 Å². The topological polar surface area (TPSA) is 65.0 Å². The zero-order valence-corrected chi connectivity index (χ0v) is 18.7. The molecule has 2 rings (SSSR count). The van der Waals surface area contributed by atoms with E-state index in [0.29, 0.717) is 13.1 Å². The first-order chi connectivity index (χ1) is 13.6. The molecule has 0 saturated carbocycles. The number of amides is 1. The molecular weight excluding hydrogens is 366 g/mol. The monoisotopic (exact) mass is 405 g/mol. The second kappa shape index (κ2) is 11.0. The third kappa shape index (κ3) is 8.72. The van der Waals surface area contributed by atoms with Crippen LogP contribution in [0.25, 0.3) is 0 Å². The number of benzene rings is 1. The number of nitrogens with zero attached hydrogens (tertiary/aromatic N) is 2. The minimum absolute atomic E-state index is 0.0283. The molecule has 6 nitrogen and oxygen atoms in total. The van der Waals surface area contributed by atoms with Crippen molar-refractivity contribution in [2.24, 2.45) is 0 Å². The van der Waals surface area contributed by atoms with Gasteiger partial charge in [-0.1, -0.05) is 36.8 Å². The summed E-state index contributed by atoms with van der Waals surface area (Å²) in [6.45, 7) is 10.6. The average Bonchev–Trinajstić information content (AvgIpc) is 2.61. The van der Waals surface area contributed by atoms with Crippen LogP contribution in [0.1, 0.15) is 52.5 Å². The molecule has 1 aromatic carbocycles. The van der Waals surface area contributed by atoms with E-state index in [1.54, 1.807) is 0 Å². The summed E-state index contributed by atoms with van der Waals surface area (Å²) in [5, 5.41) is 13.7. The van der Waals surface area contributed by atoms with Crippen molar-refractivity contribution in [3.63, 3.8) is 0 Å². The minimum atomic E-state index is -0.504. The highest BCUT2D eigenvalue weighted by Gasteiger charge is 2.30. The molecule has 0 bridgehead atoms. The Balaban J connectivity index is 1.85. The third-order valence-electron chi connectivity index (χ3n) is 5.25. The van der Waals surface area contributed by atoms with Gasteiger partial charge in [0.25, 0.3) is 0 Å². The summed E-state index contributed by atoms with van der Waals surface area (Å²) in [6.07, 6.45) is 2.48. The number of carbonyl (C=O) groups excluding carboxylic acids is 1. The van der Waals surface area contributed by atoms with Gasteiger partial charge in [-0.3, -0.25) is 9.80 Å². The van der Waals surface area contributed by atoms with Crippen LogP contribution in [0.2, 0.25) is 0 Å². The number of hydrogen-bond acceptors (Lipinski definition) is 5. The van der Waals surface area contributed by atoms with E-state index in [2.05, 4.69) is 27.2 Å². The number of alkyl carbamates (subject to hydrolysis) is 1. The fraction of sp³-hybridized carbons (Fsp3) is 0.696. The minimum Gasteiger partial charge on any atom is -0.444 e. The van der Waals surface area contributed by atoms with Crippen LogP contribution in [0.3, 0.4) is 0 Å². The van der Waals surface area contributed by atoms with Crippen LogP contribution in [0.15, 0.2) is 30.3 Å². The maximum Gasteiger partial charge on any atom is 0.407 e. The number of piperidine rings is 1. The Labute approximate surface area is 176 Å². The Bertz CT molecular complexity index is 618. The van der Waals surface area contributed by atoms with E-state index in [1.807, 2.05) is 52.9 Å². The maximum absolute atomic E-state index is 12.2. The highest BCUT2D eigenvalue weighted by atomic mass is 16.6. The molecule has 1 aromatic rings. The maximum atomic E-state index is 12.2. The lowest BCUT2D eigenvalue weighted by Crippen LogP contribution is -2.55. The van der Waals surface area contributed by atoms with E-state index in [1.165, 1.54) is 5.56 Å². The van der Waals surface area contributed by atoms with E-state index in [0.717, 1.165) is 32.4 Å². The van der Waals surface area contributed by atoms with Crippen LogP contribution < -0.4 is 5.32 Å². The number of aliphatic hydroxyl groups is 1. The number of rotatable bonds is 8. The van der Waals surface area contributed by atoms with Gasteiger partial charge in [-0.05, 0) is 59.7 Å². The van der Waals surface area contributed by atoms with Crippen molar-refractivity contribution < 1.29 is 14.6 Å². The van der Waals surface area contributed by atoms with Crippen molar-refractivity contribution in [3.05, 3.63) is 35.9 Å². The first-order valence-corrected chi connectivity index (χ1v) is 10.8. The first kappa shape index (κ1) is 23.6. The van der Waals surface area contributed by atoms with E-state index in [9.17, 15) is 9.90 Å². The number of nitrogens with one attached hydrogen (secondary N) is 1. The van der Waals surface area contributed by atoms with Crippen molar-refractivity contribution in [3.8, 4) is 0 Å².